The van der Waals surface area contributed by atoms with E-state index in [0.29, 0.717) is 28.5 Å². The molecule has 0 radical (unpaired) electrons. The molecule has 0 aliphatic carbocycles. The van der Waals surface area contributed by atoms with Crippen LogP contribution < -0.4 is 30.0 Å². The van der Waals surface area contributed by atoms with E-state index in [1.165, 1.54) is 18.1 Å². The maximum Gasteiger partial charge on any atom is 0.265 e. The van der Waals surface area contributed by atoms with Gasteiger partial charge in [-0.3, -0.25) is 30.1 Å². The van der Waals surface area contributed by atoms with E-state index in [0.717, 1.165) is 0 Å². The first-order valence-electron chi connectivity index (χ1n) is 9.03. The third-order valence-corrected chi connectivity index (χ3v) is 4.29. The number of amides is 3. The predicted molar refractivity (Wildman–Crippen MR) is 109 cm³/mol. The van der Waals surface area contributed by atoms with Crippen molar-refractivity contribution >= 4 is 29.5 Å². The molecule has 0 saturated heterocycles. The van der Waals surface area contributed by atoms with Crippen LogP contribution in [0.2, 0.25) is 0 Å². The molecule has 0 spiro atoms. The number of methoxy groups -OCH3 is 2. The summed E-state index contributed by atoms with van der Waals surface area (Å²) in [6, 6.07) is 12.1. The third kappa shape index (κ3) is 4.88. The molecule has 2 N–H and O–H groups in total. The number of anilines is 1. The zero-order chi connectivity index (χ0) is 21.5. The van der Waals surface area contributed by atoms with E-state index < -0.39 is 11.8 Å². The molecule has 0 saturated carbocycles. The molecule has 9 heteroatoms. The summed E-state index contributed by atoms with van der Waals surface area (Å²) < 4.78 is 15.7. The summed E-state index contributed by atoms with van der Waals surface area (Å²) in [6.45, 7) is -0.404. The van der Waals surface area contributed by atoms with Crippen LogP contribution in [0, 0.1) is 0 Å². The Bertz CT molecular complexity index is 988. The number of carbonyl (C=O) groups excluding carboxylic acids is 3. The minimum atomic E-state index is -0.552. The number of hydrogen-bond donors (Lipinski definition) is 2. The Hall–Kier alpha value is -4.01. The van der Waals surface area contributed by atoms with Gasteiger partial charge < -0.3 is 14.2 Å². The Labute approximate surface area is 173 Å². The molecule has 0 aromatic heterocycles. The summed E-state index contributed by atoms with van der Waals surface area (Å²) in [7, 11) is 3.06. The van der Waals surface area contributed by atoms with Crippen LogP contribution in [0.3, 0.4) is 0 Å². The summed E-state index contributed by atoms with van der Waals surface area (Å²) in [4.78, 5) is 37.6. The topological polar surface area (TPSA) is 106 Å². The molecule has 1 aliphatic heterocycles. The van der Waals surface area contributed by atoms with Gasteiger partial charge in [0.15, 0.2) is 6.61 Å². The Morgan fingerprint density at radius 3 is 2.70 bits per heavy atom. The largest absolute Gasteiger partial charge is 0.497 e. The Kier molecular flexibility index (Phi) is 6.53. The van der Waals surface area contributed by atoms with E-state index >= 15 is 0 Å². The fourth-order valence-electron chi connectivity index (χ4n) is 2.81. The van der Waals surface area contributed by atoms with Crippen LogP contribution in [0.25, 0.3) is 6.08 Å². The summed E-state index contributed by atoms with van der Waals surface area (Å²) in [5.41, 5.74) is 5.73. The van der Waals surface area contributed by atoms with Crippen LogP contribution in [0.15, 0.2) is 48.5 Å². The van der Waals surface area contributed by atoms with Crippen molar-refractivity contribution in [2.75, 3.05) is 32.3 Å². The maximum absolute atomic E-state index is 12.2. The zero-order valence-corrected chi connectivity index (χ0v) is 16.5. The highest BCUT2D eigenvalue weighted by Gasteiger charge is 2.26. The van der Waals surface area contributed by atoms with Gasteiger partial charge in [-0.25, -0.2) is 0 Å². The minimum absolute atomic E-state index is 0.150. The Balaban J connectivity index is 1.56. The first kappa shape index (κ1) is 20.7. The molecule has 30 heavy (non-hydrogen) atoms. The van der Waals surface area contributed by atoms with Crippen molar-refractivity contribution in [3.05, 3.63) is 54.1 Å². The quantitative estimate of drug-likeness (QED) is 0.548. The second kappa shape index (κ2) is 9.46. The molecule has 0 fully saturated rings. The van der Waals surface area contributed by atoms with Gasteiger partial charge in [0.25, 0.3) is 17.7 Å². The van der Waals surface area contributed by atoms with E-state index in [9.17, 15) is 14.4 Å². The zero-order valence-electron chi connectivity index (χ0n) is 16.5. The van der Waals surface area contributed by atoms with Gasteiger partial charge in [0, 0.05) is 17.7 Å². The number of ether oxygens (including phenoxy) is 3. The van der Waals surface area contributed by atoms with E-state index in [1.54, 1.807) is 55.7 Å². The summed E-state index contributed by atoms with van der Waals surface area (Å²) in [5, 5.41) is 0. The van der Waals surface area contributed by atoms with E-state index in [1.807, 2.05) is 0 Å². The van der Waals surface area contributed by atoms with Crippen molar-refractivity contribution in [3.63, 3.8) is 0 Å². The number of carbonyl (C=O) groups is 3. The van der Waals surface area contributed by atoms with Crippen LogP contribution in [-0.2, 0) is 14.4 Å². The van der Waals surface area contributed by atoms with Crippen LogP contribution in [0.4, 0.5) is 5.69 Å². The first-order chi connectivity index (χ1) is 14.5. The Morgan fingerprint density at radius 1 is 1.13 bits per heavy atom. The molecule has 1 heterocycles. The van der Waals surface area contributed by atoms with Gasteiger partial charge >= 0.3 is 0 Å². The molecule has 9 nitrogen and oxygen atoms in total. The lowest BCUT2D eigenvalue weighted by atomic mass is 10.1. The number of nitrogens with one attached hydrogen (secondary N) is 2. The summed E-state index contributed by atoms with van der Waals surface area (Å²) in [6.07, 6.45) is 2.79. The highest BCUT2D eigenvalue weighted by molar-refractivity contribution is 6.02. The van der Waals surface area contributed by atoms with Gasteiger partial charge in [-0.1, -0.05) is 12.1 Å². The molecule has 0 atom stereocenters. The van der Waals surface area contributed by atoms with Crippen molar-refractivity contribution in [2.24, 2.45) is 0 Å². The number of benzene rings is 2. The number of nitrogens with zero attached hydrogens (tertiary/aromatic N) is 1. The highest BCUT2D eigenvalue weighted by atomic mass is 16.5. The third-order valence-electron chi connectivity index (χ3n) is 4.29. The lowest BCUT2D eigenvalue weighted by Crippen LogP contribution is -2.49. The average Bonchev–Trinajstić information content (AvgIpc) is 2.78. The van der Waals surface area contributed by atoms with Crippen LogP contribution >= 0.6 is 0 Å². The molecule has 1 aliphatic rings. The van der Waals surface area contributed by atoms with Crippen molar-refractivity contribution in [2.45, 2.75) is 0 Å². The predicted octanol–water partition coefficient (Wildman–Crippen LogP) is 1.29. The molecule has 3 rings (SSSR count). The van der Waals surface area contributed by atoms with Gasteiger partial charge in [-0.15, -0.1) is 0 Å². The second-order valence-corrected chi connectivity index (χ2v) is 6.21. The molecule has 0 unspecified atom stereocenters. The molecule has 0 bridgehead atoms. The molecule has 3 amide bonds. The number of fused-ring (bicyclic) bond motifs is 1. The van der Waals surface area contributed by atoms with E-state index in [4.69, 9.17) is 14.2 Å². The number of hydrogen-bond acceptors (Lipinski definition) is 6. The van der Waals surface area contributed by atoms with Crippen molar-refractivity contribution in [3.8, 4) is 17.2 Å². The van der Waals surface area contributed by atoms with Gasteiger partial charge in [-0.05, 0) is 30.3 Å². The van der Waals surface area contributed by atoms with Crippen molar-refractivity contribution < 1.29 is 28.6 Å². The monoisotopic (exact) mass is 411 g/mol. The maximum atomic E-state index is 12.2. The second-order valence-electron chi connectivity index (χ2n) is 6.21. The lowest BCUT2D eigenvalue weighted by Gasteiger charge is -2.28. The van der Waals surface area contributed by atoms with Gasteiger partial charge in [0.05, 0.1) is 19.9 Å². The number of hydrazine groups is 1. The highest BCUT2D eigenvalue weighted by Crippen LogP contribution is 2.31. The number of para-hydroxylation sites is 2. The minimum Gasteiger partial charge on any atom is -0.497 e. The van der Waals surface area contributed by atoms with Crippen molar-refractivity contribution in [1.29, 1.82) is 0 Å². The van der Waals surface area contributed by atoms with Gasteiger partial charge in [-0.2, -0.15) is 0 Å². The standard InChI is InChI=1S/C21H21N3O6/c1-28-15-9-7-14(18(11-15)29-2)8-10-19(25)22-23-20(26)12-24-16-5-3-4-6-17(16)30-13-21(24)27/h3-11H,12-13H2,1-2H3,(H,22,25)(H,23,26)/b10-8+. The fraction of sp³-hybridized carbons (Fsp3) is 0.190. The van der Waals surface area contributed by atoms with E-state index in [2.05, 4.69) is 10.9 Å². The van der Waals surface area contributed by atoms with Crippen LogP contribution in [-0.4, -0.2) is 45.1 Å². The molecular weight excluding hydrogens is 390 g/mol. The van der Waals surface area contributed by atoms with Gasteiger partial charge in [0.2, 0.25) is 0 Å². The smallest absolute Gasteiger partial charge is 0.265 e. The molecule has 156 valence electrons. The molecule has 2 aromatic carbocycles. The normalized spacial score (nSPS) is 12.7. The first-order valence-corrected chi connectivity index (χ1v) is 9.03. The summed E-state index contributed by atoms with van der Waals surface area (Å²) in [5.74, 6) is 0.234. The average molecular weight is 411 g/mol. The Morgan fingerprint density at radius 2 is 1.93 bits per heavy atom. The molecule has 2 aromatic rings. The van der Waals surface area contributed by atoms with Crippen LogP contribution in [0.5, 0.6) is 17.2 Å². The van der Waals surface area contributed by atoms with Crippen molar-refractivity contribution in [1.82, 2.24) is 10.9 Å². The SMILES string of the molecule is COc1ccc(/C=C/C(=O)NNC(=O)CN2C(=O)COc3ccccc32)c(OC)c1. The number of rotatable bonds is 6. The van der Waals surface area contributed by atoms with Crippen LogP contribution in [0.1, 0.15) is 5.56 Å². The van der Waals surface area contributed by atoms with Gasteiger partial charge in [0.1, 0.15) is 23.8 Å². The van der Waals surface area contributed by atoms with E-state index in [-0.39, 0.29) is 19.1 Å². The molecular formula is C21H21N3O6. The lowest BCUT2D eigenvalue weighted by molar-refractivity contribution is -0.127. The fourth-order valence-corrected chi connectivity index (χ4v) is 2.81. The summed E-state index contributed by atoms with van der Waals surface area (Å²) >= 11 is 0.